The highest BCUT2D eigenvalue weighted by molar-refractivity contribution is 5.95. The minimum Gasteiger partial charge on any atom is -0.495 e. The minimum absolute atomic E-state index is 0.112. The summed E-state index contributed by atoms with van der Waals surface area (Å²) in [6, 6.07) is 5.71. The van der Waals surface area contributed by atoms with Crippen molar-refractivity contribution in [1.82, 2.24) is 4.90 Å². The van der Waals surface area contributed by atoms with Gasteiger partial charge >= 0.3 is 0 Å². The van der Waals surface area contributed by atoms with Crippen molar-refractivity contribution >= 4 is 11.6 Å². The SMILES string of the molecule is COc1cc(C(=O)N2CC3CCC2C3)ccc1N. The Morgan fingerprint density at radius 2 is 2.28 bits per heavy atom. The van der Waals surface area contributed by atoms with E-state index in [1.54, 1.807) is 25.3 Å². The van der Waals surface area contributed by atoms with E-state index in [9.17, 15) is 4.79 Å². The van der Waals surface area contributed by atoms with Gasteiger partial charge < -0.3 is 15.4 Å². The summed E-state index contributed by atoms with van der Waals surface area (Å²) in [5, 5.41) is 0. The molecule has 1 aromatic rings. The zero-order valence-corrected chi connectivity index (χ0v) is 10.6. The smallest absolute Gasteiger partial charge is 0.254 e. The number of piperidine rings is 1. The van der Waals surface area contributed by atoms with E-state index in [2.05, 4.69) is 0 Å². The van der Waals surface area contributed by atoms with Crippen LogP contribution in [-0.4, -0.2) is 30.5 Å². The molecule has 0 aromatic heterocycles. The molecule has 3 rings (SSSR count). The highest BCUT2D eigenvalue weighted by Crippen LogP contribution is 2.38. The van der Waals surface area contributed by atoms with Crippen LogP contribution in [0.4, 0.5) is 5.69 Å². The molecular weight excluding hydrogens is 228 g/mol. The van der Waals surface area contributed by atoms with Crippen molar-refractivity contribution in [3.63, 3.8) is 0 Å². The number of carbonyl (C=O) groups excluding carboxylic acids is 1. The maximum atomic E-state index is 12.4. The Bertz CT molecular complexity index is 487. The Morgan fingerprint density at radius 1 is 1.44 bits per heavy atom. The lowest BCUT2D eigenvalue weighted by molar-refractivity contribution is 0.0703. The van der Waals surface area contributed by atoms with E-state index in [1.807, 2.05) is 4.90 Å². The van der Waals surface area contributed by atoms with Crippen LogP contribution in [0.1, 0.15) is 29.6 Å². The van der Waals surface area contributed by atoms with Gasteiger partial charge in [0.05, 0.1) is 12.8 Å². The molecule has 1 aliphatic carbocycles. The molecule has 18 heavy (non-hydrogen) atoms. The fraction of sp³-hybridized carbons (Fsp3) is 0.500. The van der Waals surface area contributed by atoms with Gasteiger partial charge in [-0.05, 0) is 43.4 Å². The minimum atomic E-state index is 0.112. The van der Waals surface area contributed by atoms with Crippen molar-refractivity contribution in [1.29, 1.82) is 0 Å². The molecule has 1 aliphatic heterocycles. The molecule has 2 unspecified atom stereocenters. The van der Waals surface area contributed by atoms with Gasteiger partial charge in [-0.1, -0.05) is 0 Å². The van der Waals surface area contributed by atoms with E-state index >= 15 is 0 Å². The third kappa shape index (κ3) is 1.72. The molecule has 1 heterocycles. The standard InChI is InChI=1S/C14H18N2O2/c1-18-13-7-10(3-5-12(13)15)14(17)16-8-9-2-4-11(16)6-9/h3,5,7,9,11H,2,4,6,8,15H2,1H3. The second kappa shape index (κ2) is 4.19. The molecule has 4 heteroatoms. The van der Waals surface area contributed by atoms with Gasteiger partial charge in [-0.25, -0.2) is 0 Å². The molecule has 2 fully saturated rings. The summed E-state index contributed by atoms with van der Waals surface area (Å²) in [5.74, 6) is 1.40. The van der Waals surface area contributed by atoms with E-state index in [-0.39, 0.29) is 5.91 Å². The highest BCUT2D eigenvalue weighted by atomic mass is 16.5. The number of benzene rings is 1. The largest absolute Gasteiger partial charge is 0.495 e. The van der Waals surface area contributed by atoms with Crippen molar-refractivity contribution in [3.05, 3.63) is 23.8 Å². The fourth-order valence-corrected chi connectivity index (χ4v) is 3.18. The number of hydrogen-bond acceptors (Lipinski definition) is 3. The molecule has 2 atom stereocenters. The second-order valence-electron chi connectivity index (χ2n) is 5.25. The number of ether oxygens (including phenoxy) is 1. The van der Waals surface area contributed by atoms with Crippen molar-refractivity contribution in [2.75, 3.05) is 19.4 Å². The summed E-state index contributed by atoms with van der Waals surface area (Å²) in [6.45, 7) is 0.913. The van der Waals surface area contributed by atoms with Crippen LogP contribution in [0.2, 0.25) is 0 Å². The molecule has 1 aromatic carbocycles. The van der Waals surface area contributed by atoms with Gasteiger partial charge in [-0.3, -0.25) is 4.79 Å². The first kappa shape index (κ1) is 11.4. The summed E-state index contributed by atoms with van der Waals surface area (Å²) in [4.78, 5) is 14.5. The number of nitrogen functional groups attached to an aromatic ring is 1. The Balaban J connectivity index is 1.84. The van der Waals surface area contributed by atoms with Gasteiger partial charge in [0.1, 0.15) is 5.75 Å². The lowest BCUT2D eigenvalue weighted by atomic mass is 10.1. The molecule has 4 nitrogen and oxygen atoms in total. The van der Waals surface area contributed by atoms with Crippen LogP contribution >= 0.6 is 0 Å². The third-order valence-corrected chi connectivity index (χ3v) is 4.15. The highest BCUT2D eigenvalue weighted by Gasteiger charge is 2.40. The second-order valence-corrected chi connectivity index (χ2v) is 5.25. The first-order valence-corrected chi connectivity index (χ1v) is 6.43. The van der Waals surface area contributed by atoms with Gasteiger partial charge in [-0.15, -0.1) is 0 Å². The number of amides is 1. The molecule has 1 saturated carbocycles. The van der Waals surface area contributed by atoms with Crippen LogP contribution in [0.25, 0.3) is 0 Å². The molecule has 1 amide bonds. The van der Waals surface area contributed by atoms with Gasteiger partial charge in [0.2, 0.25) is 0 Å². The van der Waals surface area contributed by atoms with Crippen LogP contribution in [0.3, 0.4) is 0 Å². The number of rotatable bonds is 2. The summed E-state index contributed by atoms with van der Waals surface area (Å²) in [6.07, 6.45) is 3.61. The van der Waals surface area contributed by atoms with E-state index in [0.29, 0.717) is 23.0 Å². The van der Waals surface area contributed by atoms with Crippen LogP contribution in [-0.2, 0) is 0 Å². The van der Waals surface area contributed by atoms with E-state index in [4.69, 9.17) is 10.5 Å². The Labute approximate surface area is 107 Å². The van der Waals surface area contributed by atoms with Gasteiger partial charge in [-0.2, -0.15) is 0 Å². The number of carbonyl (C=O) groups is 1. The average Bonchev–Trinajstić information content (AvgIpc) is 3.00. The lowest BCUT2D eigenvalue weighted by Crippen LogP contribution is -2.37. The number of fused-ring (bicyclic) bond motifs is 2. The summed E-state index contributed by atoms with van der Waals surface area (Å²) >= 11 is 0. The Hall–Kier alpha value is -1.71. The summed E-state index contributed by atoms with van der Waals surface area (Å²) < 4.78 is 5.16. The third-order valence-electron chi connectivity index (χ3n) is 4.15. The molecule has 96 valence electrons. The summed E-state index contributed by atoms with van der Waals surface area (Å²) in [5.41, 5.74) is 7.01. The van der Waals surface area contributed by atoms with Gasteiger partial charge in [0, 0.05) is 18.2 Å². The van der Waals surface area contributed by atoms with Crippen LogP contribution in [0.15, 0.2) is 18.2 Å². The first-order chi connectivity index (χ1) is 8.69. The maximum absolute atomic E-state index is 12.4. The summed E-state index contributed by atoms with van der Waals surface area (Å²) in [7, 11) is 1.57. The van der Waals surface area contributed by atoms with Crippen LogP contribution in [0, 0.1) is 5.92 Å². The zero-order valence-electron chi connectivity index (χ0n) is 10.6. The number of nitrogens with zero attached hydrogens (tertiary/aromatic N) is 1. The van der Waals surface area contributed by atoms with Crippen LogP contribution in [0.5, 0.6) is 5.75 Å². The van der Waals surface area contributed by atoms with E-state index in [1.165, 1.54) is 12.8 Å². The van der Waals surface area contributed by atoms with Crippen molar-refractivity contribution in [2.24, 2.45) is 5.92 Å². The molecule has 1 saturated heterocycles. The maximum Gasteiger partial charge on any atom is 0.254 e. The average molecular weight is 246 g/mol. The fourth-order valence-electron chi connectivity index (χ4n) is 3.18. The number of anilines is 1. The number of hydrogen-bond donors (Lipinski definition) is 1. The van der Waals surface area contributed by atoms with E-state index < -0.39 is 0 Å². The van der Waals surface area contributed by atoms with Crippen LogP contribution < -0.4 is 10.5 Å². The molecule has 2 aliphatic rings. The topological polar surface area (TPSA) is 55.6 Å². The predicted molar refractivity (Wildman–Crippen MR) is 69.6 cm³/mol. The molecule has 0 spiro atoms. The molecule has 2 bridgehead atoms. The molecule has 2 N–H and O–H groups in total. The Morgan fingerprint density at radius 3 is 2.89 bits per heavy atom. The normalized spacial score (nSPS) is 25.5. The monoisotopic (exact) mass is 246 g/mol. The number of methoxy groups -OCH3 is 1. The van der Waals surface area contributed by atoms with Gasteiger partial charge in [0.15, 0.2) is 0 Å². The first-order valence-electron chi connectivity index (χ1n) is 6.43. The quantitative estimate of drug-likeness (QED) is 0.811. The van der Waals surface area contributed by atoms with Crippen molar-refractivity contribution in [3.8, 4) is 5.75 Å². The molecule has 0 radical (unpaired) electrons. The lowest BCUT2D eigenvalue weighted by Gasteiger charge is -2.27. The number of nitrogens with two attached hydrogens (primary N) is 1. The molecular formula is C14H18N2O2. The zero-order chi connectivity index (χ0) is 12.7. The number of likely N-dealkylation sites (tertiary alicyclic amines) is 1. The van der Waals surface area contributed by atoms with Gasteiger partial charge in [0.25, 0.3) is 5.91 Å². The van der Waals surface area contributed by atoms with Crippen molar-refractivity contribution < 1.29 is 9.53 Å². The predicted octanol–water partition coefficient (Wildman–Crippen LogP) is 1.90. The van der Waals surface area contributed by atoms with Crippen molar-refractivity contribution in [2.45, 2.75) is 25.3 Å². The Kier molecular flexibility index (Phi) is 2.65. The van der Waals surface area contributed by atoms with E-state index in [0.717, 1.165) is 18.9 Å².